The second-order valence-electron chi connectivity index (χ2n) is 3.15. The van der Waals surface area contributed by atoms with E-state index in [1.165, 1.54) is 0 Å². The summed E-state index contributed by atoms with van der Waals surface area (Å²) in [6.07, 6.45) is 1.25. The van der Waals surface area contributed by atoms with Crippen LogP contribution in [0.3, 0.4) is 0 Å². The summed E-state index contributed by atoms with van der Waals surface area (Å²) in [5.74, 6) is 1.75. The van der Waals surface area contributed by atoms with Gasteiger partial charge in [0.1, 0.15) is 17.7 Å². The molecule has 0 saturated carbocycles. The quantitative estimate of drug-likeness (QED) is 0.593. The molecule has 0 spiro atoms. The fraction of sp³-hybridized carbons (Fsp3) is 0.625. The SMILES string of the molecule is CNCC(O)c1ncc2n1CCN2. The van der Waals surface area contributed by atoms with Gasteiger partial charge in [0.2, 0.25) is 0 Å². The van der Waals surface area contributed by atoms with E-state index in [0.29, 0.717) is 6.54 Å². The van der Waals surface area contributed by atoms with E-state index >= 15 is 0 Å². The Kier molecular flexibility index (Phi) is 2.20. The van der Waals surface area contributed by atoms with Crippen LogP contribution >= 0.6 is 0 Å². The maximum absolute atomic E-state index is 9.70. The molecule has 2 heterocycles. The van der Waals surface area contributed by atoms with Gasteiger partial charge in [-0.2, -0.15) is 0 Å². The van der Waals surface area contributed by atoms with Crippen LogP contribution in [0.2, 0.25) is 0 Å². The number of nitrogens with one attached hydrogen (secondary N) is 2. The Balaban J connectivity index is 2.20. The standard InChI is InChI=1S/C8H14N4O/c1-9-4-6(13)8-11-5-7-10-2-3-12(7)8/h5-6,9-10,13H,2-4H2,1H3. The van der Waals surface area contributed by atoms with Crippen molar-refractivity contribution in [2.24, 2.45) is 0 Å². The molecule has 5 heteroatoms. The van der Waals surface area contributed by atoms with Crippen molar-refractivity contribution in [1.82, 2.24) is 14.9 Å². The molecule has 0 saturated heterocycles. The minimum atomic E-state index is -0.515. The number of fused-ring (bicyclic) bond motifs is 1. The van der Waals surface area contributed by atoms with Gasteiger partial charge in [-0.25, -0.2) is 4.98 Å². The van der Waals surface area contributed by atoms with Gasteiger partial charge in [0, 0.05) is 19.6 Å². The highest BCUT2D eigenvalue weighted by molar-refractivity contribution is 5.38. The first-order valence-electron chi connectivity index (χ1n) is 4.45. The molecule has 1 aromatic heterocycles. The summed E-state index contributed by atoms with van der Waals surface area (Å²) in [6.45, 7) is 2.36. The lowest BCUT2D eigenvalue weighted by Gasteiger charge is -2.09. The zero-order valence-electron chi connectivity index (χ0n) is 7.62. The van der Waals surface area contributed by atoms with Crippen molar-refractivity contribution in [1.29, 1.82) is 0 Å². The summed E-state index contributed by atoms with van der Waals surface area (Å²) in [6, 6.07) is 0. The highest BCUT2D eigenvalue weighted by Gasteiger charge is 2.19. The Morgan fingerprint density at radius 2 is 2.69 bits per heavy atom. The van der Waals surface area contributed by atoms with Gasteiger partial charge in [-0.05, 0) is 7.05 Å². The average Bonchev–Trinajstić information content (AvgIpc) is 2.62. The summed E-state index contributed by atoms with van der Waals surface area (Å²) in [4.78, 5) is 4.17. The molecule has 13 heavy (non-hydrogen) atoms. The summed E-state index contributed by atoms with van der Waals surface area (Å²) in [7, 11) is 1.81. The first-order valence-corrected chi connectivity index (χ1v) is 4.45. The number of anilines is 1. The van der Waals surface area contributed by atoms with E-state index in [-0.39, 0.29) is 0 Å². The maximum atomic E-state index is 9.70. The Morgan fingerprint density at radius 1 is 1.85 bits per heavy atom. The molecule has 0 bridgehead atoms. The number of hydrogen-bond acceptors (Lipinski definition) is 4. The molecule has 1 aliphatic rings. The maximum Gasteiger partial charge on any atom is 0.140 e. The Labute approximate surface area is 76.8 Å². The van der Waals surface area contributed by atoms with Gasteiger partial charge in [0.25, 0.3) is 0 Å². The van der Waals surface area contributed by atoms with Crippen molar-refractivity contribution >= 4 is 5.82 Å². The largest absolute Gasteiger partial charge is 0.384 e. The van der Waals surface area contributed by atoms with Crippen molar-refractivity contribution in [3.63, 3.8) is 0 Å². The molecule has 1 aromatic rings. The number of aromatic nitrogens is 2. The minimum Gasteiger partial charge on any atom is -0.384 e. The molecule has 2 rings (SSSR count). The fourth-order valence-corrected chi connectivity index (χ4v) is 1.61. The van der Waals surface area contributed by atoms with Crippen molar-refractivity contribution in [2.75, 3.05) is 25.5 Å². The van der Waals surface area contributed by atoms with Crippen LogP contribution in [-0.4, -0.2) is 34.8 Å². The zero-order valence-corrected chi connectivity index (χ0v) is 7.62. The molecular weight excluding hydrogens is 168 g/mol. The Hall–Kier alpha value is -1.07. The van der Waals surface area contributed by atoms with Crippen LogP contribution in [0.25, 0.3) is 0 Å². The minimum absolute atomic E-state index is 0.515. The van der Waals surface area contributed by atoms with E-state index in [9.17, 15) is 5.11 Å². The molecule has 5 nitrogen and oxygen atoms in total. The van der Waals surface area contributed by atoms with Gasteiger partial charge < -0.3 is 20.3 Å². The van der Waals surface area contributed by atoms with Gasteiger partial charge in [-0.3, -0.25) is 0 Å². The molecule has 72 valence electrons. The van der Waals surface area contributed by atoms with E-state index < -0.39 is 6.10 Å². The molecule has 0 amide bonds. The van der Waals surface area contributed by atoms with Crippen molar-refractivity contribution in [3.8, 4) is 0 Å². The van der Waals surface area contributed by atoms with E-state index in [1.807, 2.05) is 11.6 Å². The molecule has 0 aliphatic carbocycles. The lowest BCUT2D eigenvalue weighted by molar-refractivity contribution is 0.164. The van der Waals surface area contributed by atoms with Crippen LogP contribution in [0, 0.1) is 0 Å². The van der Waals surface area contributed by atoms with Gasteiger partial charge in [0.15, 0.2) is 0 Å². The highest BCUT2D eigenvalue weighted by Crippen LogP contribution is 2.20. The van der Waals surface area contributed by atoms with Gasteiger partial charge in [-0.15, -0.1) is 0 Å². The van der Waals surface area contributed by atoms with E-state index in [1.54, 1.807) is 6.20 Å². The summed E-state index contributed by atoms with van der Waals surface area (Å²) in [5, 5.41) is 15.8. The zero-order chi connectivity index (χ0) is 9.26. The fourth-order valence-electron chi connectivity index (χ4n) is 1.61. The smallest absolute Gasteiger partial charge is 0.140 e. The number of hydrogen-bond donors (Lipinski definition) is 3. The topological polar surface area (TPSA) is 62.1 Å². The van der Waals surface area contributed by atoms with E-state index in [2.05, 4.69) is 15.6 Å². The van der Waals surface area contributed by atoms with Crippen molar-refractivity contribution in [2.45, 2.75) is 12.6 Å². The second-order valence-corrected chi connectivity index (χ2v) is 3.15. The monoisotopic (exact) mass is 182 g/mol. The van der Waals surface area contributed by atoms with E-state index in [4.69, 9.17) is 0 Å². The van der Waals surface area contributed by atoms with Crippen LogP contribution in [0.15, 0.2) is 6.20 Å². The third kappa shape index (κ3) is 1.40. The number of likely N-dealkylation sites (N-methyl/N-ethyl adjacent to an activating group) is 1. The average molecular weight is 182 g/mol. The molecule has 1 atom stereocenters. The van der Waals surface area contributed by atoms with Crippen LogP contribution in [0.1, 0.15) is 11.9 Å². The lowest BCUT2D eigenvalue weighted by atomic mass is 10.3. The third-order valence-electron chi connectivity index (χ3n) is 2.22. The second kappa shape index (κ2) is 3.35. The first-order chi connectivity index (χ1) is 6.33. The number of nitrogens with zero attached hydrogens (tertiary/aromatic N) is 2. The predicted octanol–water partition coefficient (Wildman–Crippen LogP) is -0.439. The number of imidazole rings is 1. The van der Waals surface area contributed by atoms with Gasteiger partial charge >= 0.3 is 0 Å². The summed E-state index contributed by atoms with van der Waals surface area (Å²) < 4.78 is 2.02. The van der Waals surface area contributed by atoms with Crippen molar-refractivity contribution < 1.29 is 5.11 Å². The van der Waals surface area contributed by atoms with Crippen LogP contribution < -0.4 is 10.6 Å². The third-order valence-corrected chi connectivity index (χ3v) is 2.22. The van der Waals surface area contributed by atoms with Gasteiger partial charge in [0.05, 0.1) is 6.20 Å². The van der Waals surface area contributed by atoms with Crippen LogP contribution in [-0.2, 0) is 6.54 Å². The molecule has 0 fully saturated rings. The molecule has 1 aliphatic heterocycles. The number of rotatable bonds is 3. The predicted molar refractivity (Wildman–Crippen MR) is 49.6 cm³/mol. The molecule has 1 unspecified atom stereocenters. The normalized spacial score (nSPS) is 16.8. The number of aliphatic hydroxyl groups is 1. The molecule has 0 radical (unpaired) electrons. The Morgan fingerprint density at radius 3 is 3.46 bits per heavy atom. The molecular formula is C8H14N4O. The summed E-state index contributed by atoms with van der Waals surface area (Å²) >= 11 is 0. The molecule has 3 N–H and O–H groups in total. The lowest BCUT2D eigenvalue weighted by Crippen LogP contribution is -2.20. The van der Waals surface area contributed by atoms with E-state index in [0.717, 1.165) is 24.7 Å². The van der Waals surface area contributed by atoms with Crippen LogP contribution in [0.4, 0.5) is 5.82 Å². The molecule has 0 aromatic carbocycles. The number of aliphatic hydroxyl groups excluding tert-OH is 1. The first kappa shape index (κ1) is 8.52. The van der Waals surface area contributed by atoms with Crippen molar-refractivity contribution in [3.05, 3.63) is 12.0 Å². The Bertz CT molecular complexity index is 296. The summed E-state index contributed by atoms with van der Waals surface area (Å²) in [5.41, 5.74) is 0. The highest BCUT2D eigenvalue weighted by atomic mass is 16.3. The van der Waals surface area contributed by atoms with Crippen LogP contribution in [0.5, 0.6) is 0 Å². The van der Waals surface area contributed by atoms with Gasteiger partial charge in [-0.1, -0.05) is 0 Å².